The highest BCUT2D eigenvalue weighted by molar-refractivity contribution is 5.67. The number of unbranched alkanes of at least 4 members (excludes halogenated alkanes) is 18. The van der Waals surface area contributed by atoms with Crippen LogP contribution in [0.2, 0.25) is 0 Å². The van der Waals surface area contributed by atoms with Crippen LogP contribution in [0.15, 0.2) is 81.8 Å². The molecule has 0 spiro atoms. The number of aromatic nitrogens is 4. The minimum atomic E-state index is 0.418. The van der Waals surface area contributed by atoms with Gasteiger partial charge in [-0.3, -0.25) is 0 Å². The fourth-order valence-corrected chi connectivity index (χ4v) is 6.66. The summed E-state index contributed by atoms with van der Waals surface area (Å²) >= 11 is 0. The molecule has 54 heavy (non-hydrogen) atoms. The summed E-state index contributed by atoms with van der Waals surface area (Å²) in [6.45, 7) is 6.01. The van der Waals surface area contributed by atoms with Crippen LogP contribution in [-0.2, 0) is 0 Å². The highest BCUT2D eigenvalue weighted by Gasteiger charge is 2.15. The van der Waals surface area contributed by atoms with Gasteiger partial charge in [0.05, 0.1) is 13.2 Å². The van der Waals surface area contributed by atoms with Crippen LogP contribution in [0, 0.1) is 0 Å². The molecule has 8 heteroatoms. The average molecular weight is 735 g/mol. The van der Waals surface area contributed by atoms with E-state index in [1.165, 1.54) is 116 Å². The van der Waals surface area contributed by atoms with E-state index in [1.807, 2.05) is 72.8 Å². The van der Waals surface area contributed by atoms with Crippen molar-refractivity contribution in [2.75, 3.05) is 13.2 Å². The van der Waals surface area contributed by atoms with E-state index in [9.17, 15) is 0 Å². The van der Waals surface area contributed by atoms with Crippen molar-refractivity contribution in [1.29, 1.82) is 0 Å². The zero-order valence-electron chi connectivity index (χ0n) is 32.9. The topological polar surface area (TPSA) is 96.3 Å². The van der Waals surface area contributed by atoms with E-state index in [4.69, 9.17) is 18.5 Å². The molecule has 2 heterocycles. The minimum absolute atomic E-state index is 0.418. The molecule has 0 saturated carbocycles. The van der Waals surface area contributed by atoms with Crippen molar-refractivity contribution in [3.63, 3.8) is 0 Å². The molecule has 0 radical (unpaired) electrons. The number of hydrogen-bond donors (Lipinski definition) is 0. The maximum absolute atomic E-state index is 5.98. The van der Waals surface area contributed by atoms with Gasteiger partial charge in [0.25, 0.3) is 11.8 Å². The first kappa shape index (κ1) is 40.7. The number of nitrogens with zero attached hydrogens (tertiary/aromatic N) is 4. The van der Waals surface area contributed by atoms with Gasteiger partial charge in [-0.2, -0.15) is 9.97 Å². The predicted molar refractivity (Wildman–Crippen MR) is 219 cm³/mol. The van der Waals surface area contributed by atoms with E-state index in [1.54, 1.807) is 0 Å². The Morgan fingerprint density at radius 3 is 1.13 bits per heavy atom. The van der Waals surface area contributed by atoms with Crippen LogP contribution >= 0.6 is 0 Å². The number of benzene rings is 3. The fourth-order valence-electron chi connectivity index (χ4n) is 6.66. The summed E-state index contributed by atoms with van der Waals surface area (Å²) in [4.78, 5) is 9.33. The largest absolute Gasteiger partial charge is 0.494 e. The molecule has 0 aliphatic heterocycles. The standard InChI is InChI=1S/C46H62N4O4/c1-3-5-7-9-11-13-15-17-19-21-34-51-41-30-26-37(27-31-41)43-47-45(53-49-43)39-24-23-25-40(36-39)46-48-44(50-54-46)38-28-32-42(33-29-38)52-35-22-20-18-16-14-12-10-8-6-4-2/h23-33,36H,3-22,34-35H2,1-2H3. The summed E-state index contributed by atoms with van der Waals surface area (Å²) in [6, 6.07) is 23.4. The second-order valence-electron chi connectivity index (χ2n) is 14.5. The van der Waals surface area contributed by atoms with Gasteiger partial charge in [-0.15, -0.1) is 0 Å². The van der Waals surface area contributed by atoms with Crippen LogP contribution in [0.25, 0.3) is 45.7 Å². The fraction of sp³-hybridized carbons (Fsp3) is 0.522. The molecule has 5 rings (SSSR count). The molecular weight excluding hydrogens is 673 g/mol. The molecule has 0 bridgehead atoms. The molecule has 290 valence electrons. The lowest BCUT2D eigenvalue weighted by Crippen LogP contribution is -1.97. The molecule has 5 aromatic rings. The van der Waals surface area contributed by atoms with Gasteiger partial charge in [-0.05, 0) is 79.6 Å². The number of rotatable bonds is 28. The van der Waals surface area contributed by atoms with Crippen LogP contribution in [0.5, 0.6) is 11.5 Å². The van der Waals surface area contributed by atoms with Gasteiger partial charge in [0.1, 0.15) is 11.5 Å². The van der Waals surface area contributed by atoms with E-state index >= 15 is 0 Å². The van der Waals surface area contributed by atoms with Crippen molar-refractivity contribution >= 4 is 0 Å². The molecule has 0 aliphatic rings. The number of hydrogen-bond acceptors (Lipinski definition) is 8. The maximum Gasteiger partial charge on any atom is 0.258 e. The summed E-state index contributed by atoms with van der Waals surface area (Å²) < 4.78 is 23.3. The highest BCUT2D eigenvalue weighted by atomic mass is 16.5. The van der Waals surface area contributed by atoms with Crippen molar-refractivity contribution in [2.24, 2.45) is 0 Å². The van der Waals surface area contributed by atoms with Crippen molar-refractivity contribution in [2.45, 2.75) is 142 Å². The number of ether oxygens (including phenoxy) is 2. The Kier molecular flexibility index (Phi) is 18.1. The molecule has 8 nitrogen and oxygen atoms in total. The van der Waals surface area contributed by atoms with Crippen molar-refractivity contribution < 1.29 is 18.5 Å². The Bertz CT molecular complexity index is 1590. The van der Waals surface area contributed by atoms with Gasteiger partial charge >= 0.3 is 0 Å². The van der Waals surface area contributed by atoms with E-state index < -0.39 is 0 Å². The zero-order valence-corrected chi connectivity index (χ0v) is 32.9. The molecule has 0 aliphatic carbocycles. The van der Waals surface area contributed by atoms with E-state index in [0.29, 0.717) is 23.4 Å². The summed E-state index contributed by atoms with van der Waals surface area (Å²) in [7, 11) is 0. The van der Waals surface area contributed by atoms with Crippen LogP contribution in [0.3, 0.4) is 0 Å². The smallest absolute Gasteiger partial charge is 0.258 e. The van der Waals surface area contributed by atoms with E-state index in [2.05, 4.69) is 34.1 Å². The summed E-state index contributed by atoms with van der Waals surface area (Å²) in [5.41, 5.74) is 3.27. The first-order valence-electron chi connectivity index (χ1n) is 21.0. The molecule has 0 saturated heterocycles. The Balaban J connectivity index is 1.02. The molecule has 0 atom stereocenters. The molecule has 0 unspecified atom stereocenters. The van der Waals surface area contributed by atoms with E-state index in [-0.39, 0.29) is 0 Å². The highest BCUT2D eigenvalue weighted by Crippen LogP contribution is 2.29. The Morgan fingerprint density at radius 2 is 0.759 bits per heavy atom. The van der Waals surface area contributed by atoms with Crippen molar-refractivity contribution in [3.8, 4) is 57.2 Å². The van der Waals surface area contributed by atoms with Crippen LogP contribution in [-0.4, -0.2) is 33.5 Å². The van der Waals surface area contributed by atoms with Gasteiger partial charge < -0.3 is 18.5 Å². The Hall–Kier alpha value is -4.46. The first-order chi connectivity index (χ1) is 26.7. The third-order valence-electron chi connectivity index (χ3n) is 9.97. The van der Waals surface area contributed by atoms with Gasteiger partial charge in [-0.25, -0.2) is 0 Å². The molecule has 3 aromatic carbocycles. The molecule has 0 amide bonds. The Morgan fingerprint density at radius 1 is 0.407 bits per heavy atom. The lowest BCUT2D eigenvalue weighted by Gasteiger charge is -2.06. The van der Waals surface area contributed by atoms with Gasteiger partial charge in [0, 0.05) is 22.3 Å². The second-order valence-corrected chi connectivity index (χ2v) is 14.5. The maximum atomic E-state index is 5.98. The van der Waals surface area contributed by atoms with Crippen molar-refractivity contribution in [1.82, 2.24) is 20.3 Å². The van der Waals surface area contributed by atoms with Crippen LogP contribution in [0.1, 0.15) is 142 Å². The lowest BCUT2D eigenvalue weighted by molar-refractivity contribution is 0.304. The predicted octanol–water partition coefficient (Wildman–Crippen LogP) is 13.7. The first-order valence-corrected chi connectivity index (χ1v) is 21.0. The summed E-state index contributed by atoms with van der Waals surface area (Å²) in [5, 5.41) is 8.47. The van der Waals surface area contributed by atoms with Gasteiger partial charge in [0.15, 0.2) is 0 Å². The van der Waals surface area contributed by atoms with Crippen LogP contribution < -0.4 is 9.47 Å². The Labute approximate surface area is 323 Å². The zero-order chi connectivity index (χ0) is 37.5. The molecule has 0 fully saturated rings. The van der Waals surface area contributed by atoms with Crippen molar-refractivity contribution in [3.05, 3.63) is 72.8 Å². The molecular formula is C46H62N4O4. The minimum Gasteiger partial charge on any atom is -0.494 e. The second kappa shape index (κ2) is 24.0. The SMILES string of the molecule is CCCCCCCCCCCCOc1ccc(-c2noc(-c3cccc(-c4nc(-c5ccc(OCCCCCCCCCCCC)cc5)no4)c3)n2)cc1. The average Bonchev–Trinajstić information content (AvgIpc) is 3.91. The summed E-state index contributed by atoms with van der Waals surface area (Å²) in [6.07, 6.45) is 26.3. The molecule has 0 N–H and O–H groups in total. The normalized spacial score (nSPS) is 11.3. The molecule has 2 aromatic heterocycles. The third kappa shape index (κ3) is 14.1. The summed E-state index contributed by atoms with van der Waals surface area (Å²) in [5.74, 6) is 3.59. The third-order valence-corrected chi connectivity index (χ3v) is 9.97. The van der Waals surface area contributed by atoms with Crippen LogP contribution in [0.4, 0.5) is 0 Å². The van der Waals surface area contributed by atoms with E-state index in [0.717, 1.165) is 59.8 Å². The van der Waals surface area contributed by atoms with Gasteiger partial charge in [-0.1, -0.05) is 146 Å². The van der Waals surface area contributed by atoms with Gasteiger partial charge in [0.2, 0.25) is 11.6 Å². The lowest BCUT2D eigenvalue weighted by atomic mass is 10.1. The quantitative estimate of drug-likeness (QED) is 0.0469. The monoisotopic (exact) mass is 734 g/mol.